The summed E-state index contributed by atoms with van der Waals surface area (Å²) in [6.07, 6.45) is 4.24. The highest BCUT2D eigenvalue weighted by molar-refractivity contribution is 5.41. The average molecular weight is 264 g/mol. The van der Waals surface area contributed by atoms with E-state index >= 15 is 0 Å². The second-order valence-corrected chi connectivity index (χ2v) is 6.14. The molecule has 0 aliphatic carbocycles. The molecule has 0 saturated heterocycles. The van der Waals surface area contributed by atoms with Gasteiger partial charge in [-0.05, 0) is 37.7 Å². The molecule has 108 valence electrons. The van der Waals surface area contributed by atoms with Gasteiger partial charge in [0.05, 0.1) is 5.69 Å². The van der Waals surface area contributed by atoms with E-state index in [0.717, 1.165) is 18.5 Å². The topological polar surface area (TPSA) is 34.0 Å². The van der Waals surface area contributed by atoms with Crippen molar-refractivity contribution in [2.24, 2.45) is 11.8 Å². The van der Waals surface area contributed by atoms with E-state index in [4.69, 9.17) is 0 Å². The Kier molecular flexibility index (Phi) is 6.13. The first-order valence-corrected chi connectivity index (χ1v) is 7.39. The first-order valence-electron chi connectivity index (χ1n) is 7.39. The Bertz CT molecular complexity index is 425. The molecule has 3 nitrogen and oxygen atoms in total. The normalized spacial score (nSPS) is 11.6. The van der Waals surface area contributed by atoms with Crippen molar-refractivity contribution in [2.75, 3.05) is 5.32 Å². The SMILES string of the molecule is CCn1cc(NC(CC(C)C)CC(C)C)ccc1=O. The molecular weight excluding hydrogens is 236 g/mol. The maximum absolute atomic E-state index is 11.6. The van der Waals surface area contributed by atoms with E-state index in [9.17, 15) is 4.79 Å². The van der Waals surface area contributed by atoms with Crippen LogP contribution in [0, 0.1) is 11.8 Å². The molecule has 0 aliphatic rings. The van der Waals surface area contributed by atoms with Gasteiger partial charge in [0, 0.05) is 24.8 Å². The summed E-state index contributed by atoms with van der Waals surface area (Å²) in [6, 6.07) is 4.01. The third kappa shape index (κ3) is 5.50. The first kappa shape index (κ1) is 15.8. The summed E-state index contributed by atoms with van der Waals surface area (Å²) >= 11 is 0. The molecule has 0 amide bonds. The van der Waals surface area contributed by atoms with Gasteiger partial charge in [0.2, 0.25) is 0 Å². The summed E-state index contributed by atoms with van der Waals surface area (Å²) in [5.74, 6) is 1.35. The molecule has 1 aromatic rings. The Morgan fingerprint density at radius 1 is 1.11 bits per heavy atom. The van der Waals surface area contributed by atoms with Crippen molar-refractivity contribution in [2.45, 2.75) is 60.0 Å². The van der Waals surface area contributed by atoms with E-state index in [1.54, 1.807) is 10.6 Å². The molecule has 0 unspecified atom stereocenters. The highest BCUT2D eigenvalue weighted by Gasteiger charge is 2.13. The minimum Gasteiger partial charge on any atom is -0.381 e. The number of aromatic nitrogens is 1. The maximum Gasteiger partial charge on any atom is 0.250 e. The molecule has 0 aromatic carbocycles. The van der Waals surface area contributed by atoms with Gasteiger partial charge in [0.25, 0.3) is 5.56 Å². The number of nitrogens with zero attached hydrogens (tertiary/aromatic N) is 1. The van der Waals surface area contributed by atoms with Crippen molar-refractivity contribution in [3.63, 3.8) is 0 Å². The molecule has 0 radical (unpaired) electrons. The van der Waals surface area contributed by atoms with E-state index in [1.165, 1.54) is 0 Å². The lowest BCUT2D eigenvalue weighted by Gasteiger charge is -2.23. The third-order valence-electron chi connectivity index (χ3n) is 3.21. The van der Waals surface area contributed by atoms with Crippen LogP contribution in [0.2, 0.25) is 0 Å². The minimum atomic E-state index is 0.0670. The molecule has 0 aliphatic heterocycles. The number of hydrogen-bond acceptors (Lipinski definition) is 2. The molecule has 0 fully saturated rings. The number of pyridine rings is 1. The zero-order chi connectivity index (χ0) is 14.4. The Hall–Kier alpha value is -1.25. The summed E-state index contributed by atoms with van der Waals surface area (Å²) in [5, 5.41) is 3.58. The van der Waals surface area contributed by atoms with E-state index in [1.807, 2.05) is 19.2 Å². The van der Waals surface area contributed by atoms with Crippen LogP contribution in [0.1, 0.15) is 47.5 Å². The number of hydrogen-bond donors (Lipinski definition) is 1. The fourth-order valence-electron chi connectivity index (χ4n) is 2.45. The summed E-state index contributed by atoms with van der Waals surface area (Å²) < 4.78 is 1.74. The lowest BCUT2D eigenvalue weighted by atomic mass is 9.95. The second kappa shape index (κ2) is 7.37. The van der Waals surface area contributed by atoms with Crippen molar-refractivity contribution >= 4 is 5.69 Å². The first-order chi connectivity index (χ1) is 8.92. The standard InChI is InChI=1S/C16H28N2O/c1-6-18-11-14(7-8-16(18)19)17-15(9-12(2)3)10-13(4)5/h7-8,11-13,15,17H,6,9-10H2,1-5H3. The van der Waals surface area contributed by atoms with Crippen LogP contribution in [0.15, 0.2) is 23.1 Å². The molecule has 1 heterocycles. The fraction of sp³-hybridized carbons (Fsp3) is 0.688. The van der Waals surface area contributed by atoms with Crippen LogP contribution in [-0.4, -0.2) is 10.6 Å². The van der Waals surface area contributed by atoms with Gasteiger partial charge in [0.1, 0.15) is 0 Å². The molecule has 0 atom stereocenters. The molecule has 19 heavy (non-hydrogen) atoms. The van der Waals surface area contributed by atoms with Crippen molar-refractivity contribution in [1.29, 1.82) is 0 Å². The van der Waals surface area contributed by atoms with E-state index < -0.39 is 0 Å². The maximum atomic E-state index is 11.6. The highest BCUT2D eigenvalue weighted by Crippen LogP contribution is 2.18. The molecule has 1 rings (SSSR count). The Labute approximate surface area is 117 Å². The molecular formula is C16H28N2O. The van der Waals surface area contributed by atoms with Gasteiger partial charge in [-0.15, -0.1) is 0 Å². The van der Waals surface area contributed by atoms with Gasteiger partial charge < -0.3 is 9.88 Å². The van der Waals surface area contributed by atoms with Crippen LogP contribution >= 0.6 is 0 Å². The van der Waals surface area contributed by atoms with Crippen LogP contribution in [0.25, 0.3) is 0 Å². The zero-order valence-electron chi connectivity index (χ0n) is 12.9. The predicted octanol–water partition coefficient (Wildman–Crippen LogP) is 3.74. The number of anilines is 1. The van der Waals surface area contributed by atoms with Gasteiger partial charge in [-0.2, -0.15) is 0 Å². The molecule has 0 bridgehead atoms. The molecule has 3 heteroatoms. The van der Waals surface area contributed by atoms with Gasteiger partial charge in [0.15, 0.2) is 0 Å². The van der Waals surface area contributed by atoms with Gasteiger partial charge in [-0.1, -0.05) is 27.7 Å². The predicted molar refractivity (Wildman–Crippen MR) is 82.7 cm³/mol. The van der Waals surface area contributed by atoms with E-state index in [2.05, 4.69) is 33.0 Å². The highest BCUT2D eigenvalue weighted by atomic mass is 16.1. The van der Waals surface area contributed by atoms with Gasteiger partial charge in [-0.25, -0.2) is 0 Å². The quantitative estimate of drug-likeness (QED) is 0.814. The van der Waals surface area contributed by atoms with Crippen LogP contribution in [0.4, 0.5) is 5.69 Å². The van der Waals surface area contributed by atoms with Gasteiger partial charge >= 0.3 is 0 Å². The van der Waals surface area contributed by atoms with Crippen molar-refractivity contribution in [1.82, 2.24) is 4.57 Å². The van der Waals surface area contributed by atoms with Crippen LogP contribution in [0.3, 0.4) is 0 Å². The van der Waals surface area contributed by atoms with Crippen LogP contribution in [-0.2, 0) is 6.54 Å². The number of aryl methyl sites for hydroxylation is 1. The van der Waals surface area contributed by atoms with Crippen molar-refractivity contribution < 1.29 is 0 Å². The monoisotopic (exact) mass is 264 g/mol. The number of nitrogens with one attached hydrogen (secondary N) is 1. The van der Waals surface area contributed by atoms with E-state index in [-0.39, 0.29) is 5.56 Å². The van der Waals surface area contributed by atoms with E-state index in [0.29, 0.717) is 24.4 Å². The Morgan fingerprint density at radius 3 is 2.16 bits per heavy atom. The lowest BCUT2D eigenvalue weighted by Crippen LogP contribution is -2.25. The third-order valence-corrected chi connectivity index (χ3v) is 3.21. The molecule has 0 spiro atoms. The Balaban J connectivity index is 2.80. The minimum absolute atomic E-state index is 0.0670. The summed E-state index contributed by atoms with van der Waals surface area (Å²) in [4.78, 5) is 11.6. The molecule has 1 aromatic heterocycles. The fourth-order valence-corrected chi connectivity index (χ4v) is 2.45. The second-order valence-electron chi connectivity index (χ2n) is 6.14. The van der Waals surface area contributed by atoms with Crippen LogP contribution in [0.5, 0.6) is 0 Å². The molecule has 0 saturated carbocycles. The van der Waals surface area contributed by atoms with Crippen molar-refractivity contribution in [3.05, 3.63) is 28.7 Å². The smallest absolute Gasteiger partial charge is 0.250 e. The average Bonchev–Trinajstić information content (AvgIpc) is 2.29. The summed E-state index contributed by atoms with van der Waals surface area (Å²) in [6.45, 7) is 11.7. The largest absolute Gasteiger partial charge is 0.381 e. The van der Waals surface area contributed by atoms with Crippen LogP contribution < -0.4 is 10.9 Å². The summed E-state index contributed by atoms with van der Waals surface area (Å²) in [7, 11) is 0. The molecule has 1 N–H and O–H groups in total. The number of rotatable bonds is 7. The zero-order valence-corrected chi connectivity index (χ0v) is 12.9. The van der Waals surface area contributed by atoms with Gasteiger partial charge in [-0.3, -0.25) is 4.79 Å². The Morgan fingerprint density at radius 2 is 1.68 bits per heavy atom. The lowest BCUT2D eigenvalue weighted by molar-refractivity contribution is 0.442. The van der Waals surface area contributed by atoms with Crippen molar-refractivity contribution in [3.8, 4) is 0 Å². The summed E-state index contributed by atoms with van der Waals surface area (Å²) in [5.41, 5.74) is 1.12.